The summed E-state index contributed by atoms with van der Waals surface area (Å²) in [5.74, 6) is -3.20. The van der Waals surface area contributed by atoms with Crippen LogP contribution in [-0.4, -0.2) is 12.4 Å². The molecule has 9 heteroatoms. The summed E-state index contributed by atoms with van der Waals surface area (Å²) in [6.07, 6.45) is -13.2. The van der Waals surface area contributed by atoms with Crippen LogP contribution in [0.2, 0.25) is 0 Å². The van der Waals surface area contributed by atoms with Gasteiger partial charge in [0.2, 0.25) is 0 Å². The van der Waals surface area contributed by atoms with Gasteiger partial charge in [0.15, 0.2) is 0 Å². The van der Waals surface area contributed by atoms with Crippen LogP contribution in [0.4, 0.5) is 35.1 Å². The van der Waals surface area contributed by atoms with Crippen LogP contribution < -0.4 is 0 Å². The van der Waals surface area contributed by atoms with Gasteiger partial charge in [-0.2, -0.15) is 26.3 Å². The second kappa shape index (κ2) is 6.27. The maximum Gasteiger partial charge on any atom is 0.395 e. The molecule has 100 valence electrons. The summed E-state index contributed by atoms with van der Waals surface area (Å²) in [6, 6.07) is 0. The van der Waals surface area contributed by atoms with Crippen LogP contribution in [0.15, 0.2) is 22.5 Å². The molecule has 0 bridgehead atoms. The number of thioether (sulfide) groups is 1. The maximum atomic E-state index is 12.4. The number of halogens is 8. The second-order valence-electron chi connectivity index (χ2n) is 2.85. The minimum atomic E-state index is -4.75. The normalized spacial score (nSPS) is 15.3. The number of hydrogen-bond donors (Lipinski definition) is 0. The third-order valence-electron chi connectivity index (χ3n) is 1.13. The average molecular weight is 286 g/mol. The third-order valence-corrected chi connectivity index (χ3v) is 1.91. The Balaban J connectivity index is 4.20. The second-order valence-corrected chi connectivity index (χ2v) is 3.59. The molecule has 0 rings (SSSR count). The molecule has 0 aliphatic heterocycles. The zero-order chi connectivity index (χ0) is 13.7. The Morgan fingerprint density at radius 3 is 1.29 bits per heavy atom. The van der Waals surface area contributed by atoms with E-state index in [9.17, 15) is 35.1 Å². The van der Waals surface area contributed by atoms with Crippen molar-refractivity contribution in [1.82, 2.24) is 0 Å². The van der Waals surface area contributed by atoms with Crippen LogP contribution in [0, 0.1) is 0 Å². The van der Waals surface area contributed by atoms with Crippen LogP contribution in [0.5, 0.6) is 0 Å². The Kier molecular flexibility index (Phi) is 6.00. The van der Waals surface area contributed by atoms with E-state index in [1.807, 2.05) is 0 Å². The van der Waals surface area contributed by atoms with Gasteiger partial charge in [0.25, 0.3) is 0 Å². The maximum absolute atomic E-state index is 12.4. The fraction of sp³-hybridized carbons (Fsp3) is 0.500. The Hall–Kier alpha value is -0.730. The minimum absolute atomic E-state index is 0.0768. The summed E-state index contributed by atoms with van der Waals surface area (Å²) in [6.45, 7) is 0. The van der Waals surface area contributed by atoms with Crippen molar-refractivity contribution < 1.29 is 35.1 Å². The van der Waals surface area contributed by atoms with Gasteiger partial charge < -0.3 is 0 Å². The van der Waals surface area contributed by atoms with E-state index in [1.54, 1.807) is 0 Å². The van der Waals surface area contributed by atoms with Crippen LogP contribution in [0.3, 0.4) is 0 Å². The largest absolute Gasteiger partial charge is 0.395 e. The molecule has 0 aromatic rings. The number of alkyl halides is 6. The van der Waals surface area contributed by atoms with E-state index in [-0.39, 0.29) is 11.8 Å². The first-order chi connectivity index (χ1) is 7.49. The molecule has 0 N–H and O–H groups in total. The molecule has 0 aliphatic carbocycles. The summed E-state index contributed by atoms with van der Waals surface area (Å²) in [5.41, 5.74) is 0. The highest BCUT2D eigenvalue weighted by Crippen LogP contribution is 2.29. The average Bonchev–Trinajstić information content (AvgIpc) is 1.95. The van der Waals surface area contributed by atoms with E-state index in [2.05, 4.69) is 0 Å². The van der Waals surface area contributed by atoms with Gasteiger partial charge in [0.05, 0.1) is 12.8 Å². The third kappa shape index (κ3) is 11.5. The zero-order valence-electron chi connectivity index (χ0n) is 8.00. The predicted molar refractivity (Wildman–Crippen MR) is 47.3 cm³/mol. The standard InChI is InChI=1S/C8H6F8S/c9-5(1-7(11,12)13)3-17-4-6(10)2-8(14,15)16/h3-4H,1-2H2. The highest BCUT2D eigenvalue weighted by Gasteiger charge is 2.30. The molecule has 0 atom stereocenters. The summed E-state index contributed by atoms with van der Waals surface area (Å²) in [4.78, 5) is 0. The molecule has 0 fully saturated rings. The van der Waals surface area contributed by atoms with E-state index in [0.29, 0.717) is 10.8 Å². The summed E-state index contributed by atoms with van der Waals surface area (Å²) in [5, 5.41) is 0.590. The van der Waals surface area contributed by atoms with Gasteiger partial charge in [0.1, 0.15) is 11.7 Å². The van der Waals surface area contributed by atoms with Gasteiger partial charge in [-0.3, -0.25) is 0 Å². The predicted octanol–water partition coefficient (Wildman–Crippen LogP) is 5.25. The molecular weight excluding hydrogens is 280 g/mol. The summed E-state index contributed by atoms with van der Waals surface area (Å²) >= 11 is 0.0768. The topological polar surface area (TPSA) is 0 Å². The zero-order valence-corrected chi connectivity index (χ0v) is 8.82. The van der Waals surface area contributed by atoms with Crippen molar-refractivity contribution in [2.24, 2.45) is 0 Å². The van der Waals surface area contributed by atoms with Gasteiger partial charge in [-0.1, -0.05) is 0 Å². The highest BCUT2D eigenvalue weighted by molar-refractivity contribution is 8.04. The SMILES string of the molecule is FC(=CSC=C(F)CC(F)(F)F)CC(F)(F)F. The van der Waals surface area contributed by atoms with Crippen LogP contribution in [0.25, 0.3) is 0 Å². The molecule has 0 unspecified atom stereocenters. The Labute approximate surface area is 95.4 Å². The quantitative estimate of drug-likeness (QED) is 0.636. The van der Waals surface area contributed by atoms with Crippen molar-refractivity contribution in [3.63, 3.8) is 0 Å². The summed E-state index contributed by atoms with van der Waals surface area (Å²) in [7, 11) is 0. The minimum Gasteiger partial charge on any atom is -0.211 e. The molecule has 0 spiro atoms. The van der Waals surface area contributed by atoms with Gasteiger partial charge in [-0.25, -0.2) is 8.78 Å². The highest BCUT2D eigenvalue weighted by atomic mass is 32.2. The lowest BCUT2D eigenvalue weighted by Gasteiger charge is -2.03. The van der Waals surface area contributed by atoms with Crippen molar-refractivity contribution >= 4 is 11.8 Å². The molecule has 0 saturated heterocycles. The molecule has 0 saturated carbocycles. The lowest BCUT2D eigenvalue weighted by atomic mass is 10.4. The van der Waals surface area contributed by atoms with Crippen LogP contribution >= 0.6 is 11.8 Å². The van der Waals surface area contributed by atoms with Crippen LogP contribution in [0.1, 0.15) is 12.8 Å². The monoisotopic (exact) mass is 286 g/mol. The fourth-order valence-corrected chi connectivity index (χ4v) is 1.18. The van der Waals surface area contributed by atoms with Crippen molar-refractivity contribution in [2.45, 2.75) is 25.2 Å². The molecular formula is C8H6F8S. The molecule has 17 heavy (non-hydrogen) atoms. The lowest BCUT2D eigenvalue weighted by Crippen LogP contribution is -2.06. The van der Waals surface area contributed by atoms with Crippen LogP contribution in [-0.2, 0) is 0 Å². The molecule has 0 aliphatic rings. The number of rotatable bonds is 4. The first-order valence-corrected chi connectivity index (χ1v) is 4.92. The molecule has 0 nitrogen and oxygen atoms in total. The van der Waals surface area contributed by atoms with E-state index in [0.717, 1.165) is 0 Å². The van der Waals surface area contributed by atoms with Gasteiger partial charge in [-0.05, 0) is 0 Å². The smallest absolute Gasteiger partial charge is 0.211 e. The van der Waals surface area contributed by atoms with Crippen molar-refractivity contribution in [3.05, 3.63) is 22.5 Å². The van der Waals surface area contributed by atoms with E-state index in [1.165, 1.54) is 0 Å². The Morgan fingerprint density at radius 2 is 1.06 bits per heavy atom. The van der Waals surface area contributed by atoms with Crippen molar-refractivity contribution in [3.8, 4) is 0 Å². The van der Waals surface area contributed by atoms with Crippen molar-refractivity contribution in [2.75, 3.05) is 0 Å². The first kappa shape index (κ1) is 16.3. The molecule has 0 heterocycles. The van der Waals surface area contributed by atoms with E-state index < -0.39 is 36.8 Å². The lowest BCUT2D eigenvalue weighted by molar-refractivity contribution is -0.130. The Morgan fingerprint density at radius 1 is 0.765 bits per heavy atom. The Bertz CT molecular complexity index is 268. The van der Waals surface area contributed by atoms with Gasteiger partial charge in [0, 0.05) is 10.8 Å². The van der Waals surface area contributed by atoms with E-state index >= 15 is 0 Å². The summed E-state index contributed by atoms with van der Waals surface area (Å²) < 4.78 is 94.4. The fourth-order valence-electron chi connectivity index (χ4n) is 0.648. The van der Waals surface area contributed by atoms with Crippen molar-refractivity contribution in [1.29, 1.82) is 0 Å². The van der Waals surface area contributed by atoms with E-state index in [4.69, 9.17) is 0 Å². The van der Waals surface area contributed by atoms with Gasteiger partial charge >= 0.3 is 12.4 Å². The number of hydrogen-bond acceptors (Lipinski definition) is 1. The molecule has 0 aromatic heterocycles. The van der Waals surface area contributed by atoms with Gasteiger partial charge in [-0.15, -0.1) is 11.8 Å². The molecule has 0 aromatic carbocycles. The molecule has 0 amide bonds. The molecule has 0 radical (unpaired) electrons. The number of allylic oxidation sites excluding steroid dienone is 2. The first-order valence-electron chi connectivity index (χ1n) is 3.97.